The number of rotatable bonds is 6. The minimum Gasteiger partial charge on any atom is -0.469 e. The molecule has 0 unspecified atom stereocenters. The van der Waals surface area contributed by atoms with Crippen molar-refractivity contribution >= 4 is 15.9 Å². The molecule has 0 spiro atoms. The monoisotopic (exact) mass is 362 g/mol. The Morgan fingerprint density at radius 3 is 2.36 bits per heavy atom. The summed E-state index contributed by atoms with van der Waals surface area (Å²) >= 11 is 0. The standard InChI is InChI=1S/C18H22N2O4S/c21-18(9-8-17-7-4-14-24-17)19-10-12-20(13-11-19)25(22,23)15-16-5-2-1-3-6-16/h1-7,14H,8-13,15H2. The summed E-state index contributed by atoms with van der Waals surface area (Å²) in [5.41, 5.74) is 0.777. The Bertz CT molecular complexity index is 780. The van der Waals surface area contributed by atoms with Crippen LogP contribution in [0.1, 0.15) is 17.7 Å². The highest BCUT2D eigenvalue weighted by Gasteiger charge is 2.28. The molecule has 25 heavy (non-hydrogen) atoms. The van der Waals surface area contributed by atoms with E-state index >= 15 is 0 Å². The molecule has 0 N–H and O–H groups in total. The SMILES string of the molecule is O=C(CCc1ccco1)N1CCN(S(=O)(=O)Cc2ccccc2)CC1. The van der Waals surface area contributed by atoms with Gasteiger partial charge in [0.1, 0.15) is 5.76 Å². The van der Waals surface area contributed by atoms with E-state index in [9.17, 15) is 13.2 Å². The summed E-state index contributed by atoms with van der Waals surface area (Å²) in [6.07, 6.45) is 2.54. The summed E-state index contributed by atoms with van der Waals surface area (Å²) in [4.78, 5) is 14.0. The number of sulfonamides is 1. The minimum absolute atomic E-state index is 0.000278. The number of amides is 1. The Morgan fingerprint density at radius 1 is 1.00 bits per heavy atom. The third-order valence-electron chi connectivity index (χ3n) is 4.34. The van der Waals surface area contributed by atoms with Crippen LogP contribution in [0.5, 0.6) is 0 Å². The average molecular weight is 362 g/mol. The van der Waals surface area contributed by atoms with Gasteiger partial charge in [0.2, 0.25) is 15.9 Å². The van der Waals surface area contributed by atoms with Gasteiger partial charge in [0, 0.05) is 39.0 Å². The Kier molecular flexibility index (Phi) is 5.55. The lowest BCUT2D eigenvalue weighted by atomic mass is 10.2. The van der Waals surface area contributed by atoms with Crippen molar-refractivity contribution in [1.82, 2.24) is 9.21 Å². The molecule has 1 amide bonds. The second kappa shape index (κ2) is 7.84. The molecule has 1 aromatic carbocycles. The zero-order valence-electron chi connectivity index (χ0n) is 14.0. The number of piperazine rings is 1. The van der Waals surface area contributed by atoms with E-state index in [1.54, 1.807) is 17.2 Å². The lowest BCUT2D eigenvalue weighted by Crippen LogP contribution is -2.50. The largest absolute Gasteiger partial charge is 0.469 e. The van der Waals surface area contributed by atoms with Crippen LogP contribution in [0.3, 0.4) is 0 Å². The van der Waals surface area contributed by atoms with Crippen LogP contribution in [0.25, 0.3) is 0 Å². The molecule has 3 rings (SSSR count). The first kappa shape index (κ1) is 17.7. The predicted molar refractivity (Wildman–Crippen MR) is 94.2 cm³/mol. The quantitative estimate of drug-likeness (QED) is 0.787. The van der Waals surface area contributed by atoms with Gasteiger partial charge in [-0.2, -0.15) is 4.31 Å². The normalized spacial score (nSPS) is 16.1. The molecule has 1 aliphatic rings. The van der Waals surface area contributed by atoms with Crippen LogP contribution in [0.15, 0.2) is 53.1 Å². The van der Waals surface area contributed by atoms with Crippen molar-refractivity contribution in [2.45, 2.75) is 18.6 Å². The number of hydrogen-bond acceptors (Lipinski definition) is 4. The Hall–Kier alpha value is -2.12. The number of carbonyl (C=O) groups excluding carboxylic acids is 1. The Morgan fingerprint density at radius 2 is 1.72 bits per heavy atom. The summed E-state index contributed by atoms with van der Waals surface area (Å²) in [6, 6.07) is 12.8. The van der Waals surface area contributed by atoms with Gasteiger partial charge >= 0.3 is 0 Å². The first-order valence-corrected chi connectivity index (χ1v) is 9.97. The van der Waals surface area contributed by atoms with Crippen molar-refractivity contribution in [2.24, 2.45) is 0 Å². The number of furan rings is 1. The fraction of sp³-hybridized carbons (Fsp3) is 0.389. The Balaban J connectivity index is 1.50. The fourth-order valence-corrected chi connectivity index (χ4v) is 4.45. The highest BCUT2D eigenvalue weighted by Crippen LogP contribution is 2.14. The molecule has 6 nitrogen and oxygen atoms in total. The van der Waals surface area contributed by atoms with E-state index in [4.69, 9.17) is 4.42 Å². The van der Waals surface area contributed by atoms with Crippen molar-refractivity contribution in [1.29, 1.82) is 0 Å². The topological polar surface area (TPSA) is 70.8 Å². The van der Waals surface area contributed by atoms with Gasteiger partial charge in [0.15, 0.2) is 0 Å². The van der Waals surface area contributed by atoms with Crippen LogP contribution in [-0.2, 0) is 27.0 Å². The van der Waals surface area contributed by atoms with Gasteiger partial charge in [-0.1, -0.05) is 30.3 Å². The maximum absolute atomic E-state index is 12.5. The summed E-state index contributed by atoms with van der Waals surface area (Å²) in [7, 11) is -3.35. The number of aryl methyl sites for hydroxylation is 1. The van der Waals surface area contributed by atoms with Gasteiger partial charge in [0.05, 0.1) is 12.0 Å². The molecule has 2 aromatic rings. The van der Waals surface area contributed by atoms with E-state index < -0.39 is 10.0 Å². The molecule has 0 atom stereocenters. The lowest BCUT2D eigenvalue weighted by Gasteiger charge is -2.34. The highest BCUT2D eigenvalue weighted by atomic mass is 32.2. The van der Waals surface area contributed by atoms with Gasteiger partial charge in [-0.25, -0.2) is 8.42 Å². The summed E-state index contributed by atoms with van der Waals surface area (Å²) in [6.45, 7) is 1.57. The second-order valence-electron chi connectivity index (χ2n) is 6.10. The van der Waals surface area contributed by atoms with Gasteiger partial charge in [0.25, 0.3) is 0 Å². The van der Waals surface area contributed by atoms with E-state index in [0.717, 1.165) is 11.3 Å². The van der Waals surface area contributed by atoms with Crippen molar-refractivity contribution in [3.8, 4) is 0 Å². The van der Waals surface area contributed by atoms with Crippen molar-refractivity contribution < 1.29 is 17.6 Å². The molecule has 0 aliphatic carbocycles. The molecule has 7 heteroatoms. The highest BCUT2D eigenvalue weighted by molar-refractivity contribution is 7.88. The molecular weight excluding hydrogens is 340 g/mol. The molecule has 0 radical (unpaired) electrons. The first-order valence-electron chi connectivity index (χ1n) is 8.36. The van der Waals surface area contributed by atoms with Crippen molar-refractivity contribution in [3.05, 3.63) is 60.1 Å². The molecular formula is C18H22N2O4S. The molecule has 1 fully saturated rings. The van der Waals surface area contributed by atoms with Crippen LogP contribution >= 0.6 is 0 Å². The number of hydrogen-bond donors (Lipinski definition) is 0. The van der Waals surface area contributed by atoms with Crippen LogP contribution in [0.2, 0.25) is 0 Å². The second-order valence-corrected chi connectivity index (χ2v) is 8.07. The summed E-state index contributed by atoms with van der Waals surface area (Å²) < 4.78 is 31.8. The average Bonchev–Trinajstić information content (AvgIpc) is 3.14. The van der Waals surface area contributed by atoms with Crippen LogP contribution in [0.4, 0.5) is 0 Å². The number of benzene rings is 1. The summed E-state index contributed by atoms with van der Waals surface area (Å²) in [5, 5.41) is 0. The third kappa shape index (κ3) is 4.70. The van der Waals surface area contributed by atoms with Crippen molar-refractivity contribution in [3.63, 3.8) is 0 Å². The molecule has 0 saturated carbocycles. The molecule has 0 bridgehead atoms. The molecule has 1 aliphatic heterocycles. The maximum atomic E-state index is 12.5. The molecule has 1 aromatic heterocycles. The van der Waals surface area contributed by atoms with E-state index in [2.05, 4.69) is 0 Å². The minimum atomic E-state index is -3.35. The Labute approximate surface area is 148 Å². The molecule has 1 saturated heterocycles. The van der Waals surface area contributed by atoms with Crippen LogP contribution in [-0.4, -0.2) is 49.7 Å². The molecule has 134 valence electrons. The van der Waals surface area contributed by atoms with Crippen LogP contribution in [0, 0.1) is 0 Å². The van der Waals surface area contributed by atoms with Crippen molar-refractivity contribution in [2.75, 3.05) is 26.2 Å². The van der Waals surface area contributed by atoms with E-state index in [1.807, 2.05) is 36.4 Å². The third-order valence-corrected chi connectivity index (χ3v) is 6.19. The lowest BCUT2D eigenvalue weighted by molar-refractivity contribution is -0.132. The number of nitrogens with zero attached hydrogens (tertiary/aromatic N) is 2. The van der Waals surface area contributed by atoms with Gasteiger partial charge in [-0.15, -0.1) is 0 Å². The van der Waals surface area contributed by atoms with Gasteiger partial charge in [-0.05, 0) is 17.7 Å². The predicted octanol–water partition coefficient (Wildman–Crippen LogP) is 1.89. The zero-order valence-corrected chi connectivity index (χ0v) is 14.8. The number of carbonyl (C=O) groups is 1. The van der Waals surface area contributed by atoms with Gasteiger partial charge in [-0.3, -0.25) is 4.79 Å². The summed E-state index contributed by atoms with van der Waals surface area (Å²) in [5.74, 6) is 0.828. The van der Waals surface area contributed by atoms with E-state index in [-0.39, 0.29) is 11.7 Å². The van der Waals surface area contributed by atoms with Crippen LogP contribution < -0.4 is 0 Å². The first-order chi connectivity index (χ1) is 12.0. The smallest absolute Gasteiger partial charge is 0.223 e. The van der Waals surface area contributed by atoms with E-state index in [0.29, 0.717) is 39.0 Å². The maximum Gasteiger partial charge on any atom is 0.223 e. The van der Waals surface area contributed by atoms with E-state index in [1.165, 1.54) is 4.31 Å². The van der Waals surface area contributed by atoms with Gasteiger partial charge < -0.3 is 9.32 Å². The fourth-order valence-electron chi connectivity index (χ4n) is 2.93. The molecule has 2 heterocycles. The zero-order chi connectivity index (χ0) is 17.7.